The molecular weight excluding hydrogens is 394 g/mol. The summed E-state index contributed by atoms with van der Waals surface area (Å²) in [6, 6.07) is 5.98. The number of hydrogen-bond donors (Lipinski definition) is 1. The Labute approximate surface area is 171 Å². The number of rotatable bonds is 4. The van der Waals surface area contributed by atoms with Gasteiger partial charge in [-0.05, 0) is 36.6 Å². The average molecular weight is 416 g/mol. The van der Waals surface area contributed by atoms with E-state index in [1.807, 2.05) is 18.2 Å². The second kappa shape index (κ2) is 6.79. The van der Waals surface area contributed by atoms with Crippen LogP contribution in [0.15, 0.2) is 23.4 Å². The number of ether oxygens (including phenoxy) is 3. The van der Waals surface area contributed by atoms with Gasteiger partial charge in [-0.3, -0.25) is 0 Å². The van der Waals surface area contributed by atoms with Crippen molar-refractivity contribution in [3.63, 3.8) is 0 Å². The van der Waals surface area contributed by atoms with E-state index < -0.39 is 0 Å². The summed E-state index contributed by atoms with van der Waals surface area (Å²) in [5.41, 5.74) is 8.62. The predicted molar refractivity (Wildman–Crippen MR) is 111 cm³/mol. The number of thioether (sulfide) groups is 1. The average Bonchev–Trinajstić information content (AvgIpc) is 3.29. The van der Waals surface area contributed by atoms with E-state index in [9.17, 15) is 0 Å². The van der Waals surface area contributed by atoms with Crippen LogP contribution < -0.4 is 15.2 Å². The molecule has 0 unspecified atom stereocenters. The molecule has 3 aromatic rings. The minimum absolute atomic E-state index is 0.139. The van der Waals surface area contributed by atoms with Crippen LogP contribution in [0.3, 0.4) is 0 Å². The predicted octanol–water partition coefficient (Wildman–Crippen LogP) is 4.54. The number of benzene rings is 1. The van der Waals surface area contributed by atoms with Crippen molar-refractivity contribution in [2.24, 2.45) is 0 Å². The quantitative estimate of drug-likeness (QED) is 0.495. The molecule has 8 heteroatoms. The SMILES string of the molecule is CC[C@@]1(C)Cc2c(sc3nc(SCc4ccc5c(c4)OCO5)nc(N)c23)CO1. The Morgan fingerprint density at radius 2 is 2.11 bits per heavy atom. The first-order valence-electron chi connectivity index (χ1n) is 9.28. The maximum atomic E-state index is 6.36. The van der Waals surface area contributed by atoms with Crippen molar-refractivity contribution in [2.45, 2.75) is 49.8 Å². The van der Waals surface area contributed by atoms with Gasteiger partial charge in [-0.2, -0.15) is 0 Å². The van der Waals surface area contributed by atoms with Crippen molar-refractivity contribution < 1.29 is 14.2 Å². The fraction of sp³-hybridized carbons (Fsp3) is 0.400. The Bertz CT molecular complexity index is 1070. The maximum absolute atomic E-state index is 6.36. The number of nitrogen functional groups attached to an aromatic ring is 1. The van der Waals surface area contributed by atoms with Gasteiger partial charge < -0.3 is 19.9 Å². The van der Waals surface area contributed by atoms with Crippen LogP contribution in [0.25, 0.3) is 10.2 Å². The maximum Gasteiger partial charge on any atom is 0.231 e. The fourth-order valence-electron chi connectivity index (χ4n) is 3.55. The molecule has 0 saturated carbocycles. The van der Waals surface area contributed by atoms with Gasteiger partial charge in [0.25, 0.3) is 0 Å². The van der Waals surface area contributed by atoms with Gasteiger partial charge in [0.2, 0.25) is 6.79 Å². The Morgan fingerprint density at radius 1 is 1.25 bits per heavy atom. The van der Waals surface area contributed by atoms with Gasteiger partial charge in [0.1, 0.15) is 10.6 Å². The highest BCUT2D eigenvalue weighted by molar-refractivity contribution is 7.98. The lowest BCUT2D eigenvalue weighted by atomic mass is 9.90. The molecule has 0 fully saturated rings. The van der Waals surface area contributed by atoms with Crippen LogP contribution in [0, 0.1) is 0 Å². The van der Waals surface area contributed by atoms with E-state index in [0.717, 1.165) is 45.9 Å². The minimum Gasteiger partial charge on any atom is -0.454 e. The minimum atomic E-state index is -0.139. The lowest BCUT2D eigenvalue weighted by molar-refractivity contribution is -0.0542. The largest absolute Gasteiger partial charge is 0.454 e. The number of fused-ring (bicyclic) bond motifs is 4. The number of aromatic nitrogens is 2. The molecule has 0 saturated heterocycles. The van der Waals surface area contributed by atoms with Crippen molar-refractivity contribution in [1.29, 1.82) is 0 Å². The Kier molecular flexibility index (Phi) is 4.37. The highest BCUT2D eigenvalue weighted by Crippen LogP contribution is 2.42. The lowest BCUT2D eigenvalue weighted by Crippen LogP contribution is -2.33. The molecule has 0 aliphatic carbocycles. The number of thiophene rings is 1. The van der Waals surface area contributed by atoms with Crippen molar-refractivity contribution in [3.05, 3.63) is 34.2 Å². The molecule has 2 N–H and O–H groups in total. The highest BCUT2D eigenvalue weighted by Gasteiger charge is 2.33. The molecule has 6 nitrogen and oxygen atoms in total. The second-order valence-electron chi connectivity index (χ2n) is 7.32. The molecule has 4 heterocycles. The molecule has 1 atom stereocenters. The van der Waals surface area contributed by atoms with Gasteiger partial charge in [0.05, 0.1) is 17.6 Å². The zero-order chi connectivity index (χ0) is 19.3. The van der Waals surface area contributed by atoms with Gasteiger partial charge in [-0.15, -0.1) is 11.3 Å². The van der Waals surface area contributed by atoms with Crippen molar-refractivity contribution in [1.82, 2.24) is 9.97 Å². The van der Waals surface area contributed by atoms with Crippen LogP contribution in [0.5, 0.6) is 11.5 Å². The summed E-state index contributed by atoms with van der Waals surface area (Å²) in [6.07, 6.45) is 1.82. The molecule has 0 radical (unpaired) electrons. The Hall–Kier alpha value is -2.03. The first kappa shape index (κ1) is 18.0. The third-order valence-electron chi connectivity index (χ3n) is 5.40. The van der Waals surface area contributed by atoms with E-state index >= 15 is 0 Å². The monoisotopic (exact) mass is 415 g/mol. The molecule has 5 rings (SSSR count). The van der Waals surface area contributed by atoms with E-state index in [1.54, 1.807) is 23.1 Å². The molecule has 2 aliphatic rings. The van der Waals surface area contributed by atoms with Gasteiger partial charge in [-0.25, -0.2) is 9.97 Å². The van der Waals surface area contributed by atoms with Crippen LogP contribution >= 0.6 is 23.1 Å². The van der Waals surface area contributed by atoms with Crippen LogP contribution in [-0.2, 0) is 23.5 Å². The Morgan fingerprint density at radius 3 is 2.96 bits per heavy atom. The van der Waals surface area contributed by atoms with Crippen molar-refractivity contribution in [2.75, 3.05) is 12.5 Å². The van der Waals surface area contributed by atoms with Gasteiger partial charge >= 0.3 is 0 Å². The molecule has 2 aromatic heterocycles. The topological polar surface area (TPSA) is 79.5 Å². The summed E-state index contributed by atoms with van der Waals surface area (Å²) < 4.78 is 16.9. The first-order valence-corrected chi connectivity index (χ1v) is 11.1. The van der Waals surface area contributed by atoms with Crippen LogP contribution in [0.4, 0.5) is 5.82 Å². The highest BCUT2D eigenvalue weighted by atomic mass is 32.2. The summed E-state index contributed by atoms with van der Waals surface area (Å²) in [5, 5.41) is 1.70. The number of nitrogens with zero attached hydrogens (tertiary/aromatic N) is 2. The first-order chi connectivity index (χ1) is 13.5. The molecular formula is C20H21N3O3S2. The smallest absolute Gasteiger partial charge is 0.231 e. The zero-order valence-corrected chi connectivity index (χ0v) is 17.4. The van der Waals surface area contributed by atoms with E-state index in [2.05, 4.69) is 18.8 Å². The summed E-state index contributed by atoms with van der Waals surface area (Å²) in [5.74, 6) is 2.89. The second-order valence-corrected chi connectivity index (χ2v) is 9.35. The van der Waals surface area contributed by atoms with E-state index in [0.29, 0.717) is 17.6 Å². The van der Waals surface area contributed by atoms with E-state index in [4.69, 9.17) is 24.9 Å². The van der Waals surface area contributed by atoms with Gasteiger partial charge in [0, 0.05) is 17.1 Å². The van der Waals surface area contributed by atoms with E-state index in [1.165, 1.54) is 10.4 Å². The molecule has 0 bridgehead atoms. The number of hydrogen-bond acceptors (Lipinski definition) is 8. The summed E-state index contributed by atoms with van der Waals surface area (Å²) in [7, 11) is 0. The summed E-state index contributed by atoms with van der Waals surface area (Å²) in [4.78, 5) is 11.5. The Balaban J connectivity index is 1.41. The molecule has 146 valence electrons. The third kappa shape index (κ3) is 3.09. The summed E-state index contributed by atoms with van der Waals surface area (Å²) >= 11 is 3.25. The zero-order valence-electron chi connectivity index (χ0n) is 15.8. The van der Waals surface area contributed by atoms with E-state index in [-0.39, 0.29) is 12.4 Å². The lowest BCUT2D eigenvalue weighted by Gasteiger charge is -2.33. The van der Waals surface area contributed by atoms with Crippen LogP contribution in [-0.4, -0.2) is 22.4 Å². The van der Waals surface area contributed by atoms with Crippen molar-refractivity contribution >= 4 is 39.1 Å². The molecule has 0 amide bonds. The molecule has 0 spiro atoms. The fourth-order valence-corrected chi connectivity index (χ4v) is 5.51. The third-order valence-corrected chi connectivity index (χ3v) is 7.41. The normalized spacial score (nSPS) is 20.5. The van der Waals surface area contributed by atoms with Gasteiger partial charge in [-0.1, -0.05) is 24.8 Å². The van der Waals surface area contributed by atoms with Crippen LogP contribution in [0.2, 0.25) is 0 Å². The molecule has 1 aromatic carbocycles. The molecule has 28 heavy (non-hydrogen) atoms. The van der Waals surface area contributed by atoms with Gasteiger partial charge in [0.15, 0.2) is 16.7 Å². The number of nitrogens with two attached hydrogens (primary N) is 1. The molecule has 2 aliphatic heterocycles. The van der Waals surface area contributed by atoms with Crippen LogP contribution in [0.1, 0.15) is 36.3 Å². The standard InChI is InChI=1S/C20H21N3O3S2/c1-3-20(2)7-12-15(8-26-20)28-18-16(12)17(21)22-19(23-18)27-9-11-4-5-13-14(6-11)25-10-24-13/h4-6H,3,7-10H2,1-2H3,(H2,21,22,23)/t20-/m0/s1. The number of anilines is 1. The summed E-state index contributed by atoms with van der Waals surface area (Å²) in [6.45, 7) is 5.22. The van der Waals surface area contributed by atoms with Crippen molar-refractivity contribution in [3.8, 4) is 11.5 Å².